The van der Waals surface area contributed by atoms with Crippen molar-refractivity contribution < 1.29 is 8.82 Å². The van der Waals surface area contributed by atoms with Crippen molar-refractivity contribution in [1.29, 1.82) is 0 Å². The summed E-state index contributed by atoms with van der Waals surface area (Å²) in [5.74, 6) is 0.141. The number of hydrogen-bond acceptors (Lipinski definition) is 1. The predicted molar refractivity (Wildman–Crippen MR) is 66.7 cm³/mol. The van der Waals surface area contributed by atoms with Crippen LogP contribution < -0.4 is 4.43 Å². The summed E-state index contributed by atoms with van der Waals surface area (Å²) < 4.78 is 19.1. The molecule has 6 heteroatoms. The zero-order chi connectivity index (χ0) is 11.6. The molecule has 0 aliphatic carbocycles. The van der Waals surface area contributed by atoms with Gasteiger partial charge >= 0.3 is 0 Å². The van der Waals surface area contributed by atoms with Crippen molar-refractivity contribution in [3.63, 3.8) is 0 Å². The summed E-state index contributed by atoms with van der Waals surface area (Å²) in [6.07, 6.45) is 0. The number of rotatable bonds is 3. The molecule has 0 bridgehead atoms. The van der Waals surface area contributed by atoms with Crippen molar-refractivity contribution in [2.45, 2.75) is 17.9 Å². The normalized spacial score (nSPS) is 11.2. The molecule has 83 valence electrons. The maximum Gasteiger partial charge on any atom is 0.274 e. The second-order valence-electron chi connectivity index (χ2n) is 3.08. The van der Waals surface area contributed by atoms with Gasteiger partial charge in [0.1, 0.15) is 16.4 Å². The predicted octanol–water partition coefficient (Wildman–Crippen LogP) is 4.69. The molecule has 0 N–H and O–H groups in total. The minimum atomic E-state index is -0.932. The Bertz CT molecular complexity index is 360. The summed E-state index contributed by atoms with van der Waals surface area (Å²) in [5.41, 5.74) is 0.449. The van der Waals surface area contributed by atoms with Crippen LogP contribution in [0.2, 0.25) is 13.1 Å². The molecule has 0 saturated carbocycles. The van der Waals surface area contributed by atoms with Crippen LogP contribution in [0.1, 0.15) is 10.4 Å². The summed E-state index contributed by atoms with van der Waals surface area (Å²) in [7, 11) is -0.932. The second kappa shape index (κ2) is 5.52. The Morgan fingerprint density at radius 2 is 2.00 bits per heavy atom. The van der Waals surface area contributed by atoms with Crippen LogP contribution in [0.25, 0.3) is 0 Å². The van der Waals surface area contributed by atoms with Crippen LogP contribution in [0.3, 0.4) is 0 Å². The largest absolute Gasteiger partial charge is 0.542 e. The van der Waals surface area contributed by atoms with Crippen molar-refractivity contribution in [1.82, 2.24) is 0 Å². The van der Waals surface area contributed by atoms with Crippen LogP contribution in [-0.4, -0.2) is 9.04 Å². The molecule has 0 aromatic heterocycles. The highest BCUT2D eigenvalue weighted by atomic mass is 79.9. The van der Waals surface area contributed by atoms with Crippen molar-refractivity contribution >= 4 is 48.2 Å². The van der Waals surface area contributed by atoms with Crippen molar-refractivity contribution in [2.24, 2.45) is 0 Å². The third-order valence-electron chi connectivity index (χ3n) is 1.62. The fourth-order valence-corrected chi connectivity index (χ4v) is 2.93. The molecule has 1 radical (unpaired) electrons. The highest BCUT2D eigenvalue weighted by Gasteiger charge is 2.19. The van der Waals surface area contributed by atoms with Crippen molar-refractivity contribution in [3.8, 4) is 5.75 Å². The van der Waals surface area contributed by atoms with E-state index in [9.17, 15) is 4.39 Å². The highest BCUT2D eigenvalue weighted by Crippen LogP contribution is 2.39. The molecule has 0 atom stereocenters. The van der Waals surface area contributed by atoms with Crippen LogP contribution in [0.5, 0.6) is 5.75 Å². The lowest BCUT2D eigenvalue weighted by Gasteiger charge is -2.15. The number of alkyl halides is 2. The Balaban J connectivity index is 3.21. The molecular weight excluding hydrogens is 322 g/mol. The summed E-state index contributed by atoms with van der Waals surface area (Å²) in [4.78, 5) is -0.813. The van der Waals surface area contributed by atoms with Gasteiger partial charge in [0.05, 0.1) is 4.47 Å². The van der Waals surface area contributed by atoms with Crippen molar-refractivity contribution in [2.75, 3.05) is 0 Å². The molecular formula is C9H9BrCl2FOSi. The standard InChI is InChI=1S/C9H9BrCl2FOSi/c1-15(2)14-6-4-3-5(13)8(10)7(6)9(11)12/h3-4,9H,1-2H3. The first-order chi connectivity index (χ1) is 6.93. The SMILES string of the molecule is C[Si](C)Oc1ccc(F)c(Br)c1C(Cl)Cl. The zero-order valence-electron chi connectivity index (χ0n) is 8.15. The molecule has 1 rings (SSSR count). The summed E-state index contributed by atoms with van der Waals surface area (Å²) in [6.45, 7) is 3.95. The van der Waals surface area contributed by atoms with E-state index in [1.54, 1.807) is 6.07 Å². The van der Waals surface area contributed by atoms with Gasteiger partial charge in [-0.1, -0.05) is 23.2 Å². The molecule has 15 heavy (non-hydrogen) atoms. The van der Waals surface area contributed by atoms with Gasteiger partial charge in [0.25, 0.3) is 9.04 Å². The Kier molecular flexibility index (Phi) is 4.90. The Morgan fingerprint density at radius 3 is 2.47 bits per heavy atom. The van der Waals surface area contributed by atoms with Crippen LogP contribution in [0.15, 0.2) is 16.6 Å². The van der Waals surface area contributed by atoms with Gasteiger partial charge in [0.2, 0.25) is 0 Å². The third-order valence-corrected chi connectivity index (χ3v) is 3.50. The van der Waals surface area contributed by atoms with Gasteiger partial charge in [-0.25, -0.2) is 4.39 Å². The Labute approximate surface area is 108 Å². The lowest BCUT2D eigenvalue weighted by Crippen LogP contribution is -2.13. The molecule has 1 aromatic carbocycles. The molecule has 0 saturated heterocycles. The van der Waals surface area contributed by atoms with Crippen LogP contribution in [-0.2, 0) is 0 Å². The first kappa shape index (κ1) is 13.3. The maximum atomic E-state index is 13.2. The van der Waals surface area contributed by atoms with Gasteiger partial charge < -0.3 is 4.43 Å². The average Bonchev–Trinajstić information content (AvgIpc) is 2.10. The van der Waals surface area contributed by atoms with Crippen LogP contribution in [0, 0.1) is 5.82 Å². The number of halogens is 4. The van der Waals surface area contributed by atoms with Gasteiger partial charge in [0, 0.05) is 5.56 Å². The topological polar surface area (TPSA) is 9.23 Å². The molecule has 0 unspecified atom stereocenters. The molecule has 0 spiro atoms. The molecule has 1 nitrogen and oxygen atoms in total. The van der Waals surface area contributed by atoms with Crippen LogP contribution >= 0.6 is 39.1 Å². The van der Waals surface area contributed by atoms with E-state index in [-0.39, 0.29) is 4.47 Å². The van der Waals surface area contributed by atoms with E-state index in [0.29, 0.717) is 11.3 Å². The van der Waals surface area contributed by atoms with Gasteiger partial charge in [-0.15, -0.1) is 0 Å². The van der Waals surface area contributed by atoms with Gasteiger partial charge in [0.15, 0.2) is 0 Å². The highest BCUT2D eigenvalue weighted by molar-refractivity contribution is 9.10. The lowest BCUT2D eigenvalue weighted by atomic mass is 10.2. The van der Waals surface area contributed by atoms with Gasteiger partial charge in [-0.2, -0.15) is 0 Å². The summed E-state index contributed by atoms with van der Waals surface area (Å²) >= 11 is 14.6. The van der Waals surface area contributed by atoms with Crippen molar-refractivity contribution in [3.05, 3.63) is 28.0 Å². The Morgan fingerprint density at radius 1 is 1.40 bits per heavy atom. The monoisotopic (exact) mass is 329 g/mol. The minimum absolute atomic E-state index is 0.262. The third kappa shape index (κ3) is 3.34. The minimum Gasteiger partial charge on any atom is -0.542 e. The Hall–Kier alpha value is 0.227. The maximum absolute atomic E-state index is 13.2. The molecule has 0 fully saturated rings. The number of hydrogen-bond donors (Lipinski definition) is 0. The molecule has 1 aromatic rings. The molecule has 0 aliphatic heterocycles. The smallest absolute Gasteiger partial charge is 0.274 e. The van der Waals surface area contributed by atoms with E-state index < -0.39 is 19.7 Å². The number of benzene rings is 1. The van der Waals surface area contributed by atoms with E-state index in [1.807, 2.05) is 13.1 Å². The average molecular weight is 331 g/mol. The van der Waals surface area contributed by atoms with Crippen LogP contribution in [0.4, 0.5) is 4.39 Å². The molecule has 0 heterocycles. The van der Waals surface area contributed by atoms with E-state index in [0.717, 1.165) is 0 Å². The first-order valence-corrected chi connectivity index (χ1v) is 8.25. The van der Waals surface area contributed by atoms with Gasteiger partial charge in [-0.3, -0.25) is 0 Å². The second-order valence-corrected chi connectivity index (χ2v) is 6.99. The van der Waals surface area contributed by atoms with E-state index in [2.05, 4.69) is 15.9 Å². The molecule has 0 aliphatic rings. The fourth-order valence-electron chi connectivity index (χ4n) is 1.06. The van der Waals surface area contributed by atoms with Gasteiger partial charge in [-0.05, 0) is 41.2 Å². The quantitative estimate of drug-likeness (QED) is 0.577. The summed E-state index contributed by atoms with van der Waals surface area (Å²) in [5, 5.41) is 0. The fraction of sp³-hybridized carbons (Fsp3) is 0.333. The first-order valence-electron chi connectivity index (χ1n) is 4.17. The lowest BCUT2D eigenvalue weighted by molar-refractivity contribution is 0.562. The summed E-state index contributed by atoms with van der Waals surface area (Å²) in [6, 6.07) is 2.87. The van der Waals surface area contributed by atoms with E-state index >= 15 is 0 Å². The zero-order valence-corrected chi connectivity index (χ0v) is 12.3. The van der Waals surface area contributed by atoms with E-state index in [1.165, 1.54) is 6.07 Å². The molecule has 0 amide bonds. The van der Waals surface area contributed by atoms with E-state index in [4.69, 9.17) is 27.6 Å².